The zero-order chi connectivity index (χ0) is 49.1. The third-order valence-electron chi connectivity index (χ3n) is 11.5. The molecule has 0 unspecified atom stereocenters. The normalized spacial score (nSPS) is 26.7. The third-order valence-corrected chi connectivity index (χ3v) is 11.5. The number of carbonyl (C=O) groups excluding carboxylic acids is 2. The highest BCUT2D eigenvalue weighted by atomic mass is 16.7. The van der Waals surface area contributed by atoms with Crippen LogP contribution in [0.15, 0.2) is 72.4 Å². The van der Waals surface area contributed by atoms with Gasteiger partial charge in [-0.3, -0.25) is 9.59 Å². The van der Waals surface area contributed by atoms with Crippen LogP contribution in [-0.4, -0.2) is 142 Å². The highest BCUT2D eigenvalue weighted by molar-refractivity contribution is 5.70. The number of aliphatic hydroxyl groups is 7. The van der Waals surface area contributed by atoms with Crippen LogP contribution in [0.2, 0.25) is 0 Å². The quantitative estimate of drug-likeness (QED) is 0.0198. The second-order valence-electron chi connectivity index (χ2n) is 17.4. The summed E-state index contributed by atoms with van der Waals surface area (Å²) in [6, 6.07) is 0. The fourth-order valence-electron chi connectivity index (χ4n) is 7.36. The largest absolute Gasteiger partial charge is 0.462 e. The highest BCUT2D eigenvalue weighted by Crippen LogP contribution is 2.26. The van der Waals surface area contributed by atoms with Crippen molar-refractivity contribution in [1.29, 1.82) is 0 Å². The lowest BCUT2D eigenvalue weighted by atomic mass is 9.98. The van der Waals surface area contributed by atoms with Crippen LogP contribution in [0.5, 0.6) is 0 Å². The molecule has 2 fully saturated rings. The van der Waals surface area contributed by atoms with Crippen molar-refractivity contribution in [1.82, 2.24) is 0 Å². The van der Waals surface area contributed by atoms with Crippen LogP contribution in [0, 0.1) is 0 Å². The number of rotatable bonds is 36. The van der Waals surface area contributed by atoms with Gasteiger partial charge >= 0.3 is 11.9 Å². The molecule has 0 amide bonds. The van der Waals surface area contributed by atoms with E-state index in [1.54, 1.807) is 0 Å². The van der Waals surface area contributed by atoms with Crippen molar-refractivity contribution in [3.63, 3.8) is 0 Å². The van der Waals surface area contributed by atoms with Gasteiger partial charge in [0.2, 0.25) is 0 Å². The van der Waals surface area contributed by atoms with E-state index in [1.807, 2.05) is 0 Å². The molecule has 0 spiro atoms. The minimum atomic E-state index is -1.77. The van der Waals surface area contributed by atoms with Gasteiger partial charge in [-0.05, 0) is 84.0 Å². The maximum atomic E-state index is 13.0. The summed E-state index contributed by atoms with van der Waals surface area (Å²) in [5.74, 6) is -0.972. The van der Waals surface area contributed by atoms with E-state index in [4.69, 9.17) is 28.4 Å². The van der Waals surface area contributed by atoms with Crippen molar-refractivity contribution >= 4 is 11.9 Å². The Morgan fingerprint density at radius 1 is 0.537 bits per heavy atom. The van der Waals surface area contributed by atoms with Crippen molar-refractivity contribution in [3.8, 4) is 0 Å². The Hall–Kier alpha value is -3.06. The van der Waals surface area contributed by atoms with Crippen molar-refractivity contribution in [2.45, 2.75) is 217 Å². The molecule has 15 heteroatoms. The van der Waals surface area contributed by atoms with Gasteiger partial charge < -0.3 is 64.2 Å². The summed E-state index contributed by atoms with van der Waals surface area (Å²) in [7, 11) is 0. The molecule has 0 aromatic carbocycles. The zero-order valence-electron chi connectivity index (χ0n) is 40.6. The Labute approximate surface area is 400 Å². The molecule has 67 heavy (non-hydrogen) atoms. The van der Waals surface area contributed by atoms with Gasteiger partial charge in [-0.1, -0.05) is 125 Å². The standard InChI is InChI=1S/C52H86O15/c1-4-6-8-10-11-12-13-14-15-16-17-18-22-25-29-33-43(54)62-36-40(65-44(55)34-30-26-23-20-19-21-24-28-32-39(3)31-27-9-7-5-2)37-63-51-50(61)48(59)46(57)42(67-51)38-64-52-49(60)47(58)45(56)41(35-53)66-52/h6-9,11-12,14-15,24,28,31,40-42,45-53,56-61H,4-5,10,13,16-23,25-27,29-30,32-38H2,1-3H3/b8-6-,9-7-,12-11-,15-14-,28-24-,39-31-/t40-,41+,42+,45+,46+,47+,48-,49+,50+,51-,52+/m0/s1. The van der Waals surface area contributed by atoms with Crippen LogP contribution < -0.4 is 0 Å². The highest BCUT2D eigenvalue weighted by Gasteiger charge is 2.47. The van der Waals surface area contributed by atoms with Crippen LogP contribution >= 0.6 is 0 Å². The van der Waals surface area contributed by atoms with Crippen LogP contribution in [0.25, 0.3) is 0 Å². The maximum Gasteiger partial charge on any atom is 0.306 e. The molecular weight excluding hydrogens is 865 g/mol. The number of hydrogen-bond donors (Lipinski definition) is 7. The number of ether oxygens (including phenoxy) is 6. The smallest absolute Gasteiger partial charge is 0.306 e. The third kappa shape index (κ3) is 26.5. The number of esters is 2. The van der Waals surface area contributed by atoms with Gasteiger partial charge in [-0.25, -0.2) is 0 Å². The van der Waals surface area contributed by atoms with Crippen LogP contribution in [0.4, 0.5) is 0 Å². The van der Waals surface area contributed by atoms with E-state index in [9.17, 15) is 45.3 Å². The minimum absolute atomic E-state index is 0.137. The van der Waals surface area contributed by atoms with Gasteiger partial charge in [-0.15, -0.1) is 0 Å². The Balaban J connectivity index is 1.85. The fourth-order valence-corrected chi connectivity index (χ4v) is 7.36. The summed E-state index contributed by atoms with van der Waals surface area (Å²) >= 11 is 0. The first-order valence-corrected chi connectivity index (χ1v) is 24.9. The zero-order valence-corrected chi connectivity index (χ0v) is 40.6. The van der Waals surface area contributed by atoms with Crippen molar-refractivity contribution in [2.24, 2.45) is 0 Å². The first-order valence-electron chi connectivity index (χ1n) is 24.9. The Bertz CT molecular complexity index is 1470. The van der Waals surface area contributed by atoms with Gasteiger partial charge in [0.1, 0.15) is 55.4 Å². The first-order chi connectivity index (χ1) is 32.4. The summed E-state index contributed by atoms with van der Waals surface area (Å²) in [6.45, 7) is 4.46. The molecule has 2 heterocycles. The maximum absolute atomic E-state index is 13.0. The lowest BCUT2D eigenvalue weighted by Gasteiger charge is -2.42. The fraction of sp³-hybridized carbons (Fsp3) is 0.731. The summed E-state index contributed by atoms with van der Waals surface area (Å²) in [6.07, 6.45) is 24.5. The molecule has 15 nitrogen and oxygen atoms in total. The molecule has 0 radical (unpaired) electrons. The summed E-state index contributed by atoms with van der Waals surface area (Å²) < 4.78 is 33.5. The molecule has 2 rings (SSSR count). The van der Waals surface area contributed by atoms with Crippen molar-refractivity contribution < 1.29 is 73.8 Å². The predicted octanol–water partition coefficient (Wildman–Crippen LogP) is 6.65. The molecule has 2 aliphatic heterocycles. The molecule has 11 atom stereocenters. The van der Waals surface area contributed by atoms with Crippen LogP contribution in [0.3, 0.4) is 0 Å². The average Bonchev–Trinajstić information content (AvgIpc) is 3.32. The number of aliphatic hydroxyl groups excluding tert-OH is 7. The summed E-state index contributed by atoms with van der Waals surface area (Å²) in [4.78, 5) is 25.8. The topological polar surface area (TPSA) is 231 Å². The van der Waals surface area contributed by atoms with E-state index in [-0.39, 0.29) is 19.4 Å². The lowest BCUT2D eigenvalue weighted by molar-refractivity contribution is -0.332. The van der Waals surface area contributed by atoms with Gasteiger partial charge in [-0.2, -0.15) is 0 Å². The SMILES string of the molecule is CC/C=C\C/C=C\C/C=C\CCCCCCCC(=O)OC[C@@H](CO[C@H]1O[C@H](CO[C@@H]2O[C@H](CO)[C@@H](O)[C@@H](O)[C@H]2O)[C@@H](O)[C@H](O)[C@H]1O)OC(=O)CCCCCCC/C=C\C/C(C)=C\C/C=C\CC. The molecule has 7 N–H and O–H groups in total. The molecule has 2 aliphatic rings. The van der Waals surface area contributed by atoms with Gasteiger partial charge in [0, 0.05) is 12.8 Å². The molecular formula is C52H86O15. The Morgan fingerprint density at radius 3 is 1.64 bits per heavy atom. The first kappa shape index (κ1) is 60.1. The van der Waals surface area contributed by atoms with Crippen LogP contribution in [0.1, 0.15) is 149 Å². The molecule has 0 aromatic heterocycles. The Kier molecular flexibility index (Phi) is 33.9. The molecule has 0 bridgehead atoms. The number of carbonyl (C=O) groups is 2. The van der Waals surface area contributed by atoms with Crippen molar-refractivity contribution in [2.75, 3.05) is 26.4 Å². The number of unbranched alkanes of at least 4 members (excludes halogenated alkanes) is 10. The van der Waals surface area contributed by atoms with Crippen LogP contribution in [-0.2, 0) is 38.0 Å². The minimum Gasteiger partial charge on any atom is -0.462 e. The number of hydrogen-bond acceptors (Lipinski definition) is 15. The average molecular weight is 951 g/mol. The van der Waals surface area contributed by atoms with Crippen molar-refractivity contribution in [3.05, 3.63) is 72.4 Å². The van der Waals surface area contributed by atoms with E-state index >= 15 is 0 Å². The second kappa shape index (κ2) is 37.8. The molecule has 0 aliphatic carbocycles. The molecule has 2 saturated heterocycles. The summed E-state index contributed by atoms with van der Waals surface area (Å²) in [5, 5.41) is 72.1. The van der Waals surface area contributed by atoms with E-state index in [0.717, 1.165) is 103 Å². The van der Waals surface area contributed by atoms with E-state index in [2.05, 4.69) is 87.6 Å². The summed E-state index contributed by atoms with van der Waals surface area (Å²) in [5.41, 5.74) is 1.35. The lowest BCUT2D eigenvalue weighted by Crippen LogP contribution is -2.61. The molecule has 384 valence electrons. The van der Waals surface area contributed by atoms with Gasteiger partial charge in [0.25, 0.3) is 0 Å². The van der Waals surface area contributed by atoms with Gasteiger partial charge in [0.15, 0.2) is 18.7 Å². The molecule has 0 aromatic rings. The monoisotopic (exact) mass is 951 g/mol. The van der Waals surface area contributed by atoms with Gasteiger partial charge in [0.05, 0.1) is 19.8 Å². The predicted molar refractivity (Wildman–Crippen MR) is 256 cm³/mol. The molecule has 0 saturated carbocycles. The van der Waals surface area contributed by atoms with E-state index in [1.165, 1.54) is 5.57 Å². The Morgan fingerprint density at radius 2 is 1.03 bits per heavy atom. The van der Waals surface area contributed by atoms with E-state index < -0.39 is 99.3 Å². The number of allylic oxidation sites excluding steroid dienone is 12. The van der Waals surface area contributed by atoms with E-state index in [0.29, 0.717) is 12.8 Å². The second-order valence-corrected chi connectivity index (χ2v) is 17.4.